The monoisotopic (exact) mass is 429 g/mol. The first kappa shape index (κ1) is 19.7. The van der Waals surface area contributed by atoms with E-state index in [1.54, 1.807) is 16.9 Å². The maximum atomic E-state index is 12.3. The van der Waals surface area contributed by atoms with E-state index >= 15 is 0 Å². The number of hydrogen-bond acceptors (Lipinski definition) is 6. The lowest BCUT2D eigenvalue weighted by Gasteiger charge is -2.11. The van der Waals surface area contributed by atoms with Crippen molar-refractivity contribution in [2.24, 2.45) is 7.05 Å². The molecule has 3 heterocycles. The molecule has 0 saturated heterocycles. The van der Waals surface area contributed by atoms with Crippen LogP contribution in [0.3, 0.4) is 0 Å². The molecule has 150 valence electrons. The van der Waals surface area contributed by atoms with Crippen LogP contribution in [0.2, 0.25) is 5.02 Å². The summed E-state index contributed by atoms with van der Waals surface area (Å²) in [7, 11) is 1.81. The van der Waals surface area contributed by atoms with Gasteiger partial charge in [0.05, 0.1) is 17.3 Å². The second kappa shape index (κ2) is 8.04. The summed E-state index contributed by atoms with van der Waals surface area (Å²) in [6.07, 6.45) is 4.15. The zero-order valence-corrected chi connectivity index (χ0v) is 17.8. The average molecular weight is 430 g/mol. The van der Waals surface area contributed by atoms with Gasteiger partial charge < -0.3 is 10.1 Å². The minimum Gasteiger partial charge on any atom is -0.486 e. The van der Waals surface area contributed by atoms with Gasteiger partial charge in [-0.15, -0.1) is 0 Å². The number of benzene rings is 1. The molecule has 0 spiro atoms. The Balaban J connectivity index is 1.46. The summed E-state index contributed by atoms with van der Waals surface area (Å²) in [4.78, 5) is 21.1. The summed E-state index contributed by atoms with van der Waals surface area (Å²) in [6.45, 7) is 2.28. The number of ether oxygens (including phenoxy) is 1. The zero-order valence-electron chi connectivity index (χ0n) is 16.3. The molecule has 1 aliphatic heterocycles. The molecule has 9 heteroatoms. The molecule has 0 saturated carbocycles. The molecule has 4 rings (SSSR count). The standard InChI is InChI=1S/C20H20ClN5O2S/c1-11-6-17(25-26(11)2)19(27)23-10-14-8-13-7-12(9-15(21)18(13)28-14)16-4-5-22-20(24-16)29-3/h4-7,9,14H,8,10H2,1-3H3,(H,23,27). The van der Waals surface area contributed by atoms with Crippen LogP contribution in [0, 0.1) is 6.92 Å². The van der Waals surface area contributed by atoms with Gasteiger partial charge in [-0.1, -0.05) is 23.4 Å². The quantitative estimate of drug-likeness (QED) is 0.495. The second-order valence-corrected chi connectivity index (χ2v) is 8.00. The smallest absolute Gasteiger partial charge is 0.271 e. The van der Waals surface area contributed by atoms with Crippen LogP contribution in [0.15, 0.2) is 35.6 Å². The van der Waals surface area contributed by atoms with E-state index in [0.29, 0.717) is 34.6 Å². The first-order valence-electron chi connectivity index (χ1n) is 9.10. The molecule has 29 heavy (non-hydrogen) atoms. The molecule has 1 aromatic carbocycles. The van der Waals surface area contributed by atoms with Crippen molar-refractivity contribution >= 4 is 29.3 Å². The molecule has 1 amide bonds. The Morgan fingerprint density at radius 2 is 2.24 bits per heavy atom. The molecule has 0 fully saturated rings. The molecule has 0 bridgehead atoms. The van der Waals surface area contributed by atoms with E-state index in [0.717, 1.165) is 22.5 Å². The van der Waals surface area contributed by atoms with Gasteiger partial charge >= 0.3 is 0 Å². The highest BCUT2D eigenvalue weighted by atomic mass is 35.5. The van der Waals surface area contributed by atoms with Crippen LogP contribution in [-0.4, -0.2) is 44.6 Å². The number of thioether (sulfide) groups is 1. The van der Waals surface area contributed by atoms with Crippen LogP contribution < -0.4 is 10.1 Å². The summed E-state index contributed by atoms with van der Waals surface area (Å²) in [5, 5.41) is 8.34. The highest BCUT2D eigenvalue weighted by molar-refractivity contribution is 7.98. The minimum atomic E-state index is -0.217. The molecule has 3 aromatic rings. The molecule has 0 radical (unpaired) electrons. The normalized spacial score (nSPS) is 15.1. The van der Waals surface area contributed by atoms with Crippen molar-refractivity contribution in [3.8, 4) is 17.0 Å². The molecular weight excluding hydrogens is 410 g/mol. The second-order valence-electron chi connectivity index (χ2n) is 6.82. The number of nitrogens with one attached hydrogen (secondary N) is 1. The maximum Gasteiger partial charge on any atom is 0.271 e. The van der Waals surface area contributed by atoms with Crippen LogP contribution in [0.4, 0.5) is 0 Å². The summed E-state index contributed by atoms with van der Waals surface area (Å²) < 4.78 is 7.65. The van der Waals surface area contributed by atoms with E-state index in [-0.39, 0.29) is 12.0 Å². The summed E-state index contributed by atoms with van der Waals surface area (Å²) >= 11 is 7.96. The largest absolute Gasteiger partial charge is 0.486 e. The molecule has 7 nitrogen and oxygen atoms in total. The Morgan fingerprint density at radius 1 is 1.41 bits per heavy atom. The first-order valence-corrected chi connectivity index (χ1v) is 10.7. The number of aromatic nitrogens is 4. The number of halogens is 1. The number of carbonyl (C=O) groups is 1. The lowest BCUT2D eigenvalue weighted by atomic mass is 10.0. The Bertz CT molecular complexity index is 1070. The van der Waals surface area contributed by atoms with E-state index < -0.39 is 0 Å². The lowest BCUT2D eigenvalue weighted by Crippen LogP contribution is -2.34. The molecule has 1 aliphatic rings. The minimum absolute atomic E-state index is 0.182. The summed E-state index contributed by atoms with van der Waals surface area (Å²) in [6, 6.07) is 7.51. The lowest BCUT2D eigenvalue weighted by molar-refractivity contribution is 0.0928. The van der Waals surface area contributed by atoms with Crippen molar-refractivity contribution in [3.05, 3.63) is 52.4 Å². The fourth-order valence-electron chi connectivity index (χ4n) is 3.22. The van der Waals surface area contributed by atoms with Crippen LogP contribution in [0.1, 0.15) is 21.7 Å². The molecule has 0 aliphatic carbocycles. The molecular formula is C20H20ClN5O2S. The number of amides is 1. The number of fused-ring (bicyclic) bond motifs is 1. The van der Waals surface area contributed by atoms with Gasteiger partial charge in [0.2, 0.25) is 0 Å². The third-order valence-corrected chi connectivity index (χ3v) is 5.64. The van der Waals surface area contributed by atoms with Gasteiger partial charge in [-0.05, 0) is 37.4 Å². The topological polar surface area (TPSA) is 81.9 Å². The maximum absolute atomic E-state index is 12.3. The van der Waals surface area contributed by atoms with Crippen molar-refractivity contribution in [2.45, 2.75) is 24.6 Å². The van der Waals surface area contributed by atoms with Gasteiger partial charge in [-0.3, -0.25) is 9.48 Å². The van der Waals surface area contributed by atoms with Crippen LogP contribution in [-0.2, 0) is 13.5 Å². The van der Waals surface area contributed by atoms with Crippen LogP contribution in [0.5, 0.6) is 5.75 Å². The summed E-state index contributed by atoms with van der Waals surface area (Å²) in [5.74, 6) is 0.452. The van der Waals surface area contributed by atoms with Crippen LogP contribution >= 0.6 is 23.4 Å². The van der Waals surface area contributed by atoms with Gasteiger partial charge in [0.15, 0.2) is 5.16 Å². The predicted octanol–water partition coefficient (Wildman–Crippen LogP) is 3.29. The number of aryl methyl sites for hydroxylation is 2. The summed E-state index contributed by atoms with van der Waals surface area (Å²) in [5.41, 5.74) is 4.06. The van der Waals surface area contributed by atoms with Gasteiger partial charge in [0, 0.05) is 36.5 Å². The molecule has 1 unspecified atom stereocenters. The molecule has 2 aromatic heterocycles. The van der Waals surface area contributed by atoms with E-state index in [4.69, 9.17) is 16.3 Å². The van der Waals surface area contributed by atoms with Crippen LogP contribution in [0.25, 0.3) is 11.3 Å². The van der Waals surface area contributed by atoms with E-state index in [2.05, 4.69) is 20.4 Å². The first-order chi connectivity index (χ1) is 13.9. The Morgan fingerprint density at radius 3 is 2.97 bits per heavy atom. The zero-order chi connectivity index (χ0) is 20.5. The fraction of sp³-hybridized carbons (Fsp3) is 0.300. The predicted molar refractivity (Wildman–Crippen MR) is 113 cm³/mol. The van der Waals surface area contributed by atoms with Gasteiger partial charge in [-0.25, -0.2) is 9.97 Å². The van der Waals surface area contributed by atoms with Crippen molar-refractivity contribution < 1.29 is 9.53 Å². The van der Waals surface area contributed by atoms with Gasteiger partial charge in [0.1, 0.15) is 17.5 Å². The van der Waals surface area contributed by atoms with Crippen molar-refractivity contribution in [2.75, 3.05) is 12.8 Å². The van der Waals surface area contributed by atoms with Crippen molar-refractivity contribution in [1.29, 1.82) is 0 Å². The Hall–Kier alpha value is -2.58. The SMILES string of the molecule is CSc1nccc(-c2cc(Cl)c3c(c2)CC(CNC(=O)c2cc(C)n(C)n2)O3)n1. The van der Waals surface area contributed by atoms with E-state index in [9.17, 15) is 4.79 Å². The van der Waals surface area contributed by atoms with E-state index in [1.165, 1.54) is 11.8 Å². The third kappa shape index (κ3) is 4.09. The Kier molecular flexibility index (Phi) is 5.47. The average Bonchev–Trinajstić information content (AvgIpc) is 3.29. The van der Waals surface area contributed by atoms with Gasteiger partial charge in [0.25, 0.3) is 5.91 Å². The number of rotatable bonds is 5. The molecule has 1 atom stereocenters. The number of hydrogen-bond donors (Lipinski definition) is 1. The fourth-order valence-corrected chi connectivity index (χ4v) is 3.86. The highest BCUT2D eigenvalue weighted by Crippen LogP contribution is 2.39. The van der Waals surface area contributed by atoms with E-state index in [1.807, 2.05) is 38.4 Å². The molecule has 1 N–H and O–H groups in total. The third-order valence-electron chi connectivity index (χ3n) is 4.80. The van der Waals surface area contributed by atoms with Crippen molar-refractivity contribution in [1.82, 2.24) is 25.1 Å². The van der Waals surface area contributed by atoms with Gasteiger partial charge in [-0.2, -0.15) is 5.10 Å². The highest BCUT2D eigenvalue weighted by Gasteiger charge is 2.27. The number of nitrogens with zero attached hydrogens (tertiary/aromatic N) is 4. The van der Waals surface area contributed by atoms with Crippen molar-refractivity contribution in [3.63, 3.8) is 0 Å². The Labute approximate surface area is 177 Å². The number of carbonyl (C=O) groups excluding carboxylic acids is 1.